The number of hydrogen-bond donors (Lipinski definition) is 1. The maximum absolute atomic E-state index is 12.2. The van der Waals surface area contributed by atoms with Gasteiger partial charge in [-0.15, -0.1) is 10.2 Å². The van der Waals surface area contributed by atoms with E-state index in [9.17, 15) is 10.1 Å². The summed E-state index contributed by atoms with van der Waals surface area (Å²) in [6.45, 7) is 8.72. The number of rotatable bonds is 6. The SMILES string of the molecule is CCC(C)(C)C1CCc2nc(SCC(=O)Nc3nnc(C)s3)c(C#N)cc2C1. The van der Waals surface area contributed by atoms with E-state index in [1.54, 1.807) is 0 Å². The molecule has 0 spiro atoms. The summed E-state index contributed by atoms with van der Waals surface area (Å²) in [4.78, 5) is 16.9. The van der Waals surface area contributed by atoms with Crippen molar-refractivity contribution in [2.24, 2.45) is 11.3 Å². The molecule has 2 aromatic heterocycles. The van der Waals surface area contributed by atoms with Crippen LogP contribution >= 0.6 is 23.1 Å². The van der Waals surface area contributed by atoms with Crippen LogP contribution in [0.1, 0.15) is 55.4 Å². The van der Waals surface area contributed by atoms with Gasteiger partial charge in [0.15, 0.2) is 0 Å². The molecule has 2 aromatic rings. The van der Waals surface area contributed by atoms with E-state index >= 15 is 0 Å². The van der Waals surface area contributed by atoms with Crippen molar-refractivity contribution in [2.75, 3.05) is 11.1 Å². The highest BCUT2D eigenvalue weighted by molar-refractivity contribution is 8.00. The number of nitrogens with one attached hydrogen (secondary N) is 1. The maximum atomic E-state index is 12.2. The lowest BCUT2D eigenvalue weighted by Gasteiger charge is -2.37. The minimum absolute atomic E-state index is 0.172. The van der Waals surface area contributed by atoms with Crippen LogP contribution in [0.2, 0.25) is 0 Å². The number of aryl methyl sites for hydroxylation is 2. The molecular weight excluding hydrogens is 390 g/mol. The van der Waals surface area contributed by atoms with Crippen LogP contribution in [-0.2, 0) is 17.6 Å². The molecular formula is C20H25N5OS2. The molecule has 8 heteroatoms. The highest BCUT2D eigenvalue weighted by atomic mass is 32.2. The van der Waals surface area contributed by atoms with Crippen molar-refractivity contribution in [2.45, 2.75) is 58.4 Å². The third-order valence-corrected chi connectivity index (χ3v) is 7.35. The lowest BCUT2D eigenvalue weighted by Crippen LogP contribution is -2.29. The molecule has 6 nitrogen and oxygen atoms in total. The van der Waals surface area contributed by atoms with Crippen molar-refractivity contribution in [3.63, 3.8) is 0 Å². The topological polar surface area (TPSA) is 91.6 Å². The van der Waals surface area contributed by atoms with Gasteiger partial charge in [-0.25, -0.2) is 4.98 Å². The van der Waals surface area contributed by atoms with Gasteiger partial charge in [0.2, 0.25) is 11.0 Å². The first kappa shape index (κ1) is 20.7. The molecule has 0 aliphatic heterocycles. The smallest absolute Gasteiger partial charge is 0.236 e. The Kier molecular flexibility index (Phi) is 6.36. The fourth-order valence-corrected chi connectivity index (χ4v) is 4.81. The van der Waals surface area contributed by atoms with Crippen molar-refractivity contribution in [3.05, 3.63) is 27.9 Å². The van der Waals surface area contributed by atoms with Crippen molar-refractivity contribution in [1.29, 1.82) is 5.26 Å². The summed E-state index contributed by atoms with van der Waals surface area (Å²) in [5.74, 6) is 0.622. The zero-order valence-corrected chi connectivity index (χ0v) is 18.3. The quantitative estimate of drug-likeness (QED) is 0.704. The number of aromatic nitrogens is 3. The van der Waals surface area contributed by atoms with Crippen LogP contribution in [-0.4, -0.2) is 26.8 Å². The number of nitrogens with zero attached hydrogens (tertiary/aromatic N) is 4. The third kappa shape index (κ3) is 4.70. The molecule has 1 N–H and O–H groups in total. The van der Waals surface area contributed by atoms with Gasteiger partial charge in [-0.2, -0.15) is 5.26 Å². The molecule has 1 atom stereocenters. The third-order valence-electron chi connectivity index (χ3n) is 5.60. The molecule has 0 saturated carbocycles. The number of pyridine rings is 1. The van der Waals surface area contributed by atoms with Crippen LogP contribution in [0.4, 0.5) is 5.13 Å². The number of nitriles is 1. The van der Waals surface area contributed by atoms with Crippen molar-refractivity contribution in [3.8, 4) is 6.07 Å². The molecule has 1 aliphatic rings. The molecule has 0 bridgehead atoms. The van der Waals surface area contributed by atoms with Crippen LogP contribution < -0.4 is 5.32 Å². The molecule has 0 fully saturated rings. The summed E-state index contributed by atoms with van der Waals surface area (Å²) in [5.41, 5.74) is 3.11. The number of hydrogen-bond acceptors (Lipinski definition) is 7. The largest absolute Gasteiger partial charge is 0.300 e. The highest BCUT2D eigenvalue weighted by Crippen LogP contribution is 2.40. The van der Waals surface area contributed by atoms with E-state index in [0.717, 1.165) is 36.4 Å². The Morgan fingerprint density at radius 3 is 2.89 bits per heavy atom. The lowest BCUT2D eigenvalue weighted by molar-refractivity contribution is -0.113. The lowest BCUT2D eigenvalue weighted by atomic mass is 9.69. The van der Waals surface area contributed by atoms with Gasteiger partial charge < -0.3 is 0 Å². The van der Waals surface area contributed by atoms with E-state index in [2.05, 4.69) is 42.4 Å². The maximum Gasteiger partial charge on any atom is 0.236 e. The van der Waals surface area contributed by atoms with Crippen molar-refractivity contribution in [1.82, 2.24) is 15.2 Å². The first-order valence-corrected chi connectivity index (χ1v) is 11.3. The molecule has 148 valence electrons. The first-order chi connectivity index (χ1) is 13.3. The summed E-state index contributed by atoms with van der Waals surface area (Å²) < 4.78 is 0. The standard InChI is InChI=1S/C20H25N5OS2/c1-5-20(3,4)15-6-7-16-13(9-15)8-14(10-21)18(22-16)27-11-17(26)23-19-25-24-12(2)28-19/h8,15H,5-7,9,11H2,1-4H3,(H,23,25,26). The number of carbonyl (C=O) groups excluding carboxylic acids is 1. The molecule has 3 rings (SSSR count). The summed E-state index contributed by atoms with van der Waals surface area (Å²) in [7, 11) is 0. The second kappa shape index (κ2) is 8.58. The van der Waals surface area contributed by atoms with Crippen molar-refractivity contribution < 1.29 is 4.79 Å². The predicted octanol–water partition coefficient (Wildman–Crippen LogP) is 4.39. The number of carbonyl (C=O) groups is 1. The molecule has 28 heavy (non-hydrogen) atoms. The van der Waals surface area contributed by atoms with E-state index in [4.69, 9.17) is 4.98 Å². The average Bonchev–Trinajstić information content (AvgIpc) is 3.09. The fourth-order valence-electron chi connectivity index (χ4n) is 3.43. The number of fused-ring (bicyclic) bond motifs is 1. The van der Waals surface area contributed by atoms with Gasteiger partial charge >= 0.3 is 0 Å². The zero-order valence-electron chi connectivity index (χ0n) is 16.7. The van der Waals surface area contributed by atoms with Crippen LogP contribution in [0.3, 0.4) is 0 Å². The summed E-state index contributed by atoms with van der Waals surface area (Å²) in [6, 6.07) is 4.24. The molecule has 0 saturated heterocycles. The summed E-state index contributed by atoms with van der Waals surface area (Å²) in [5, 5.41) is 22.0. The Labute approximate surface area is 174 Å². The fraction of sp³-hybridized carbons (Fsp3) is 0.550. The minimum Gasteiger partial charge on any atom is -0.300 e. The van der Waals surface area contributed by atoms with E-state index in [-0.39, 0.29) is 11.7 Å². The van der Waals surface area contributed by atoms with Gasteiger partial charge in [0, 0.05) is 5.69 Å². The first-order valence-electron chi connectivity index (χ1n) is 9.48. The van der Waals surface area contributed by atoms with E-state index < -0.39 is 0 Å². The normalized spacial score (nSPS) is 16.3. The highest BCUT2D eigenvalue weighted by Gasteiger charge is 2.32. The van der Waals surface area contributed by atoms with Gasteiger partial charge in [-0.3, -0.25) is 10.1 Å². The minimum atomic E-state index is -0.172. The van der Waals surface area contributed by atoms with Gasteiger partial charge in [-0.1, -0.05) is 50.3 Å². The van der Waals surface area contributed by atoms with Crippen LogP contribution in [0.5, 0.6) is 0 Å². The molecule has 1 aliphatic carbocycles. The second-order valence-corrected chi connectivity index (χ2v) is 9.95. The van der Waals surface area contributed by atoms with Crippen LogP contribution in [0, 0.1) is 29.6 Å². The van der Waals surface area contributed by atoms with E-state index in [1.165, 1.54) is 28.7 Å². The molecule has 1 unspecified atom stereocenters. The van der Waals surface area contributed by atoms with Gasteiger partial charge in [-0.05, 0) is 49.1 Å². The summed E-state index contributed by atoms with van der Waals surface area (Å²) in [6.07, 6.45) is 4.16. The molecule has 0 radical (unpaired) electrons. The van der Waals surface area contributed by atoms with Crippen LogP contribution in [0.25, 0.3) is 0 Å². The number of anilines is 1. The molecule has 0 aromatic carbocycles. The average molecular weight is 416 g/mol. The Balaban J connectivity index is 1.70. The van der Waals surface area contributed by atoms with Gasteiger partial charge in [0.1, 0.15) is 16.1 Å². The Morgan fingerprint density at radius 1 is 1.46 bits per heavy atom. The van der Waals surface area contributed by atoms with Gasteiger partial charge in [0.25, 0.3) is 0 Å². The summed E-state index contributed by atoms with van der Waals surface area (Å²) >= 11 is 2.64. The van der Waals surface area contributed by atoms with Gasteiger partial charge in [0.05, 0.1) is 11.3 Å². The molecule has 1 amide bonds. The molecule has 2 heterocycles. The predicted molar refractivity (Wildman–Crippen MR) is 113 cm³/mol. The van der Waals surface area contributed by atoms with E-state index in [1.807, 2.05) is 13.0 Å². The Morgan fingerprint density at radius 2 is 2.25 bits per heavy atom. The van der Waals surface area contributed by atoms with Crippen molar-refractivity contribution >= 4 is 34.1 Å². The zero-order chi connectivity index (χ0) is 20.3. The number of amides is 1. The monoisotopic (exact) mass is 415 g/mol. The van der Waals surface area contributed by atoms with E-state index in [0.29, 0.717) is 27.1 Å². The number of thioether (sulfide) groups is 1. The van der Waals surface area contributed by atoms with Crippen LogP contribution in [0.15, 0.2) is 11.1 Å². The second-order valence-electron chi connectivity index (χ2n) is 7.80. The Bertz CT molecular complexity index is 916. The Hall–Kier alpha value is -1.98.